The molecular formula is C22H22N3O5P. The van der Waals surface area contributed by atoms with Crippen LogP contribution >= 0.6 is 7.82 Å². The van der Waals surface area contributed by atoms with E-state index < -0.39 is 13.9 Å². The van der Waals surface area contributed by atoms with Gasteiger partial charge in [0.25, 0.3) is 5.56 Å². The summed E-state index contributed by atoms with van der Waals surface area (Å²) in [6.45, 7) is 3.69. The zero-order valence-electron chi connectivity index (χ0n) is 17.2. The molecule has 0 spiro atoms. The highest BCUT2D eigenvalue weighted by atomic mass is 31.2. The molecule has 2 aromatic heterocycles. The average molecular weight is 439 g/mol. The van der Waals surface area contributed by atoms with Crippen molar-refractivity contribution in [3.8, 4) is 17.5 Å². The molecule has 31 heavy (non-hydrogen) atoms. The van der Waals surface area contributed by atoms with Gasteiger partial charge in [0.2, 0.25) is 0 Å². The number of phosphoric ester groups is 1. The Kier molecular flexibility index (Phi) is 5.78. The number of para-hydroxylation sites is 1. The summed E-state index contributed by atoms with van der Waals surface area (Å²) in [5.74, 6) is 0. The molecular weight excluding hydrogens is 417 g/mol. The van der Waals surface area contributed by atoms with Gasteiger partial charge in [0.15, 0.2) is 0 Å². The van der Waals surface area contributed by atoms with Gasteiger partial charge in [-0.05, 0) is 37.1 Å². The molecule has 0 aliphatic carbocycles. The van der Waals surface area contributed by atoms with Crippen LogP contribution in [0.1, 0.15) is 42.6 Å². The van der Waals surface area contributed by atoms with Gasteiger partial charge < -0.3 is 9.46 Å². The second-order valence-corrected chi connectivity index (χ2v) is 8.81. The number of benzene rings is 1. The van der Waals surface area contributed by atoms with Crippen molar-refractivity contribution < 1.29 is 18.5 Å². The molecule has 0 saturated carbocycles. The van der Waals surface area contributed by atoms with E-state index in [9.17, 15) is 14.3 Å². The van der Waals surface area contributed by atoms with Crippen molar-refractivity contribution >= 4 is 18.7 Å². The Bertz CT molecular complexity index is 1310. The summed E-state index contributed by atoms with van der Waals surface area (Å²) in [4.78, 5) is 27.9. The zero-order chi connectivity index (χ0) is 22.2. The maximum absolute atomic E-state index is 13.1. The number of fused-ring (bicyclic) bond motifs is 4. The maximum Gasteiger partial charge on any atom is 0.472 e. The van der Waals surface area contributed by atoms with Gasteiger partial charge in [-0.25, -0.2) is 9.55 Å². The quantitative estimate of drug-likeness (QED) is 0.338. The molecule has 2 unspecified atom stereocenters. The van der Waals surface area contributed by atoms with Crippen LogP contribution in [0.2, 0.25) is 0 Å². The third kappa shape index (κ3) is 4.06. The summed E-state index contributed by atoms with van der Waals surface area (Å²) in [5, 5.41) is 9.59. The molecule has 0 fully saturated rings. The molecule has 1 N–H and O–H groups in total. The van der Waals surface area contributed by atoms with E-state index in [2.05, 4.69) is 0 Å². The van der Waals surface area contributed by atoms with E-state index in [1.807, 2.05) is 42.5 Å². The van der Waals surface area contributed by atoms with Crippen molar-refractivity contribution in [3.05, 3.63) is 63.4 Å². The number of hydrogen-bond donors (Lipinski definition) is 1. The molecule has 4 rings (SSSR count). The molecule has 1 aliphatic rings. The summed E-state index contributed by atoms with van der Waals surface area (Å²) in [6, 6.07) is 13.5. The highest BCUT2D eigenvalue weighted by molar-refractivity contribution is 7.47. The Morgan fingerprint density at radius 3 is 2.87 bits per heavy atom. The Balaban J connectivity index is 1.75. The van der Waals surface area contributed by atoms with Crippen LogP contribution in [0.4, 0.5) is 0 Å². The fraction of sp³-hybridized carbons (Fsp3) is 0.318. The smallest absolute Gasteiger partial charge is 0.302 e. The fourth-order valence-electron chi connectivity index (χ4n) is 3.88. The SMILES string of the molecule is CCC(OP(=O)(O)OCCC#N)c1cc2n(c(=O)c1C)Cc1cc3ccccc3nc1-2. The lowest BCUT2D eigenvalue weighted by Gasteiger charge is -2.22. The third-order valence-corrected chi connectivity index (χ3v) is 6.43. The van der Waals surface area contributed by atoms with Crippen molar-refractivity contribution in [1.82, 2.24) is 9.55 Å². The molecule has 0 radical (unpaired) electrons. The van der Waals surface area contributed by atoms with Gasteiger partial charge in [-0.2, -0.15) is 5.26 Å². The Labute approximate surface area is 179 Å². The predicted molar refractivity (Wildman–Crippen MR) is 115 cm³/mol. The first-order valence-electron chi connectivity index (χ1n) is 10.0. The van der Waals surface area contributed by atoms with Gasteiger partial charge in [0.05, 0.1) is 48.7 Å². The lowest BCUT2D eigenvalue weighted by Crippen LogP contribution is -2.24. The summed E-state index contributed by atoms with van der Waals surface area (Å²) in [6.07, 6.45) is -0.491. The molecule has 0 bridgehead atoms. The summed E-state index contributed by atoms with van der Waals surface area (Å²) in [5.41, 5.74) is 3.96. The fourth-order valence-corrected chi connectivity index (χ4v) is 4.84. The van der Waals surface area contributed by atoms with Crippen molar-refractivity contribution in [2.75, 3.05) is 6.61 Å². The van der Waals surface area contributed by atoms with Gasteiger partial charge in [-0.3, -0.25) is 13.8 Å². The second kappa shape index (κ2) is 8.37. The second-order valence-electron chi connectivity index (χ2n) is 7.40. The molecule has 3 aromatic rings. The lowest BCUT2D eigenvalue weighted by atomic mass is 10.0. The number of pyridine rings is 2. The summed E-state index contributed by atoms with van der Waals surface area (Å²) < 4.78 is 24.2. The van der Waals surface area contributed by atoms with E-state index in [0.717, 1.165) is 22.2 Å². The molecule has 160 valence electrons. The topological polar surface area (TPSA) is 114 Å². The standard InChI is InChI=1S/C22H22N3O5P/c1-3-20(30-31(27,28)29-10-6-9-23)17-12-19-21-16(13-25(19)22(26)14(17)2)11-15-7-4-5-8-18(15)24-21/h4-5,7-8,11-12,20H,3,6,10,13H2,1-2H3,(H,27,28). The van der Waals surface area contributed by atoms with Crippen molar-refractivity contribution in [1.29, 1.82) is 5.26 Å². The van der Waals surface area contributed by atoms with Crippen molar-refractivity contribution in [2.45, 2.75) is 39.3 Å². The summed E-state index contributed by atoms with van der Waals surface area (Å²) >= 11 is 0. The Morgan fingerprint density at radius 1 is 1.35 bits per heavy atom. The highest BCUT2D eigenvalue weighted by Crippen LogP contribution is 2.49. The molecule has 8 nitrogen and oxygen atoms in total. The maximum atomic E-state index is 13.1. The monoisotopic (exact) mass is 439 g/mol. The summed E-state index contributed by atoms with van der Waals surface area (Å²) in [7, 11) is -4.39. The first-order chi connectivity index (χ1) is 14.8. The van der Waals surface area contributed by atoms with E-state index >= 15 is 0 Å². The molecule has 1 aliphatic heterocycles. The Hall–Kier alpha value is -2.82. The minimum atomic E-state index is -4.39. The largest absolute Gasteiger partial charge is 0.472 e. The number of hydrogen-bond acceptors (Lipinski definition) is 6. The van der Waals surface area contributed by atoms with Crippen LogP contribution in [0.3, 0.4) is 0 Å². The van der Waals surface area contributed by atoms with Crippen LogP contribution in [0.25, 0.3) is 22.3 Å². The van der Waals surface area contributed by atoms with Gasteiger partial charge in [0.1, 0.15) is 0 Å². The molecule has 0 amide bonds. The average Bonchev–Trinajstić information content (AvgIpc) is 3.10. The first-order valence-corrected chi connectivity index (χ1v) is 11.5. The van der Waals surface area contributed by atoms with Gasteiger partial charge in [-0.15, -0.1) is 0 Å². The minimum absolute atomic E-state index is 0.0274. The van der Waals surface area contributed by atoms with Gasteiger partial charge in [0, 0.05) is 16.5 Å². The first kappa shape index (κ1) is 21.4. The van der Waals surface area contributed by atoms with E-state index in [1.165, 1.54) is 0 Å². The number of nitrogens with zero attached hydrogens (tertiary/aromatic N) is 3. The molecule has 2 atom stereocenters. The zero-order valence-corrected chi connectivity index (χ0v) is 18.1. The number of aromatic nitrogens is 2. The van der Waals surface area contributed by atoms with E-state index in [4.69, 9.17) is 19.3 Å². The predicted octanol–water partition coefficient (Wildman–Crippen LogP) is 4.23. The van der Waals surface area contributed by atoms with E-state index in [0.29, 0.717) is 29.8 Å². The molecule has 1 aromatic carbocycles. The van der Waals surface area contributed by atoms with Gasteiger partial charge >= 0.3 is 7.82 Å². The number of rotatable bonds is 7. The van der Waals surface area contributed by atoms with E-state index in [1.54, 1.807) is 18.4 Å². The molecule has 0 saturated heterocycles. The normalized spacial score (nSPS) is 15.2. The molecule has 3 heterocycles. The van der Waals surface area contributed by atoms with Crippen LogP contribution < -0.4 is 5.56 Å². The van der Waals surface area contributed by atoms with Crippen molar-refractivity contribution in [3.63, 3.8) is 0 Å². The van der Waals surface area contributed by atoms with Crippen LogP contribution in [0, 0.1) is 18.3 Å². The van der Waals surface area contributed by atoms with Crippen LogP contribution in [0.5, 0.6) is 0 Å². The Morgan fingerprint density at radius 2 is 2.13 bits per heavy atom. The van der Waals surface area contributed by atoms with Crippen molar-refractivity contribution in [2.24, 2.45) is 0 Å². The number of phosphoric acid groups is 1. The molecule has 9 heteroatoms. The number of nitriles is 1. The van der Waals surface area contributed by atoms with Crippen LogP contribution in [-0.4, -0.2) is 21.1 Å². The lowest BCUT2D eigenvalue weighted by molar-refractivity contribution is 0.103. The van der Waals surface area contributed by atoms with Gasteiger partial charge in [-0.1, -0.05) is 25.1 Å². The van der Waals surface area contributed by atoms with Crippen LogP contribution in [0.15, 0.2) is 41.2 Å². The highest BCUT2D eigenvalue weighted by Gasteiger charge is 2.31. The van der Waals surface area contributed by atoms with E-state index in [-0.39, 0.29) is 18.6 Å². The minimum Gasteiger partial charge on any atom is -0.302 e. The van der Waals surface area contributed by atoms with Crippen LogP contribution in [-0.2, 0) is 20.2 Å². The third-order valence-electron chi connectivity index (χ3n) is 5.40.